The number of nitrogens with one attached hydrogen (secondary N) is 2. The highest BCUT2D eigenvalue weighted by Gasteiger charge is 2.20. The maximum absolute atomic E-state index is 10.2. The SMILES string of the molecule is CCNC(=NCC(O)c1cc(Cl)cc(Cl)c1)NCCC1CC1. The number of benzene rings is 1. The highest BCUT2D eigenvalue weighted by atomic mass is 35.5. The summed E-state index contributed by atoms with van der Waals surface area (Å²) in [7, 11) is 0. The maximum atomic E-state index is 10.2. The van der Waals surface area contributed by atoms with Crippen molar-refractivity contribution in [2.45, 2.75) is 32.3 Å². The highest BCUT2D eigenvalue weighted by molar-refractivity contribution is 6.34. The van der Waals surface area contributed by atoms with Gasteiger partial charge in [-0.25, -0.2) is 0 Å². The predicted octanol–water partition coefficient (Wildman–Crippen LogP) is 3.38. The maximum Gasteiger partial charge on any atom is 0.191 e. The lowest BCUT2D eigenvalue weighted by Gasteiger charge is -2.13. The van der Waals surface area contributed by atoms with E-state index in [1.54, 1.807) is 18.2 Å². The first-order valence-corrected chi connectivity index (χ1v) is 8.50. The molecular weight excluding hydrogens is 321 g/mol. The molecule has 0 heterocycles. The molecule has 1 aliphatic carbocycles. The average molecular weight is 344 g/mol. The van der Waals surface area contributed by atoms with E-state index >= 15 is 0 Å². The van der Waals surface area contributed by atoms with E-state index in [9.17, 15) is 5.11 Å². The monoisotopic (exact) mass is 343 g/mol. The van der Waals surface area contributed by atoms with Crippen LogP contribution in [0.1, 0.15) is 37.9 Å². The van der Waals surface area contributed by atoms with Gasteiger partial charge in [-0.15, -0.1) is 0 Å². The van der Waals surface area contributed by atoms with Gasteiger partial charge in [-0.1, -0.05) is 36.0 Å². The molecule has 1 aromatic carbocycles. The van der Waals surface area contributed by atoms with Crippen LogP contribution < -0.4 is 10.6 Å². The van der Waals surface area contributed by atoms with Crippen molar-refractivity contribution in [3.63, 3.8) is 0 Å². The Bertz CT molecular complexity index is 498. The van der Waals surface area contributed by atoms with Gasteiger partial charge in [-0.05, 0) is 43.0 Å². The number of aliphatic hydroxyl groups excluding tert-OH is 1. The van der Waals surface area contributed by atoms with Gasteiger partial charge < -0.3 is 15.7 Å². The van der Waals surface area contributed by atoms with Crippen molar-refractivity contribution in [2.24, 2.45) is 10.9 Å². The van der Waals surface area contributed by atoms with E-state index in [0.29, 0.717) is 15.6 Å². The van der Waals surface area contributed by atoms with Crippen LogP contribution in [0.15, 0.2) is 23.2 Å². The average Bonchev–Trinajstić information content (AvgIpc) is 3.27. The minimum Gasteiger partial charge on any atom is -0.386 e. The fraction of sp³-hybridized carbons (Fsp3) is 0.562. The van der Waals surface area contributed by atoms with Crippen molar-refractivity contribution < 1.29 is 5.11 Å². The van der Waals surface area contributed by atoms with E-state index in [1.165, 1.54) is 19.3 Å². The number of nitrogens with zero attached hydrogens (tertiary/aromatic N) is 1. The van der Waals surface area contributed by atoms with Gasteiger partial charge in [0, 0.05) is 23.1 Å². The smallest absolute Gasteiger partial charge is 0.191 e. The third-order valence-electron chi connectivity index (χ3n) is 3.58. The molecule has 1 aromatic rings. The molecule has 122 valence electrons. The summed E-state index contributed by atoms with van der Waals surface area (Å²) >= 11 is 11.9. The molecule has 0 aliphatic heterocycles. The number of aliphatic hydroxyl groups is 1. The van der Waals surface area contributed by atoms with Crippen molar-refractivity contribution in [1.29, 1.82) is 0 Å². The number of guanidine groups is 1. The molecular formula is C16H23Cl2N3O. The normalized spacial score (nSPS) is 16.5. The summed E-state index contributed by atoms with van der Waals surface area (Å²) in [6, 6.07) is 5.06. The number of halogens is 2. The lowest BCUT2D eigenvalue weighted by atomic mass is 10.1. The van der Waals surface area contributed by atoms with Gasteiger partial charge in [-0.3, -0.25) is 4.99 Å². The van der Waals surface area contributed by atoms with Crippen LogP contribution in [0.2, 0.25) is 10.0 Å². The van der Waals surface area contributed by atoms with Crippen LogP contribution in [0.3, 0.4) is 0 Å². The van der Waals surface area contributed by atoms with Crippen molar-refractivity contribution in [2.75, 3.05) is 19.6 Å². The van der Waals surface area contributed by atoms with Gasteiger partial charge in [0.25, 0.3) is 0 Å². The van der Waals surface area contributed by atoms with Crippen LogP contribution in [0.5, 0.6) is 0 Å². The number of hydrogen-bond donors (Lipinski definition) is 3. The summed E-state index contributed by atoms with van der Waals surface area (Å²) in [5.41, 5.74) is 0.676. The number of hydrogen-bond acceptors (Lipinski definition) is 2. The summed E-state index contributed by atoms with van der Waals surface area (Å²) in [6.45, 7) is 3.98. The van der Waals surface area contributed by atoms with Gasteiger partial charge in [0.05, 0.1) is 12.6 Å². The molecule has 1 atom stereocenters. The van der Waals surface area contributed by atoms with Crippen LogP contribution in [-0.4, -0.2) is 30.7 Å². The predicted molar refractivity (Wildman–Crippen MR) is 92.7 cm³/mol. The van der Waals surface area contributed by atoms with Crippen LogP contribution in [0.4, 0.5) is 0 Å². The van der Waals surface area contributed by atoms with Crippen molar-refractivity contribution in [3.05, 3.63) is 33.8 Å². The summed E-state index contributed by atoms with van der Waals surface area (Å²) in [5, 5.41) is 17.7. The minimum absolute atomic E-state index is 0.259. The molecule has 22 heavy (non-hydrogen) atoms. The van der Waals surface area contributed by atoms with E-state index in [0.717, 1.165) is 25.0 Å². The molecule has 2 rings (SSSR count). The molecule has 1 fully saturated rings. The Hall–Kier alpha value is -0.970. The van der Waals surface area contributed by atoms with Gasteiger partial charge in [0.2, 0.25) is 0 Å². The van der Waals surface area contributed by atoms with Crippen molar-refractivity contribution in [1.82, 2.24) is 10.6 Å². The van der Waals surface area contributed by atoms with E-state index in [2.05, 4.69) is 15.6 Å². The van der Waals surface area contributed by atoms with E-state index in [4.69, 9.17) is 23.2 Å². The second kappa shape index (κ2) is 8.61. The quantitative estimate of drug-likeness (QED) is 0.525. The summed E-state index contributed by atoms with van der Waals surface area (Å²) < 4.78 is 0. The first kappa shape index (κ1) is 17.4. The topological polar surface area (TPSA) is 56.7 Å². The molecule has 1 unspecified atom stereocenters. The molecule has 4 nitrogen and oxygen atoms in total. The summed E-state index contributed by atoms with van der Waals surface area (Å²) in [6.07, 6.45) is 3.15. The molecule has 0 aromatic heterocycles. The standard InChI is InChI=1S/C16H23Cl2N3O/c1-2-19-16(20-6-5-11-3-4-11)21-10-15(22)12-7-13(17)9-14(18)8-12/h7-9,11,15,22H,2-6,10H2,1H3,(H2,19,20,21). The molecule has 0 amide bonds. The van der Waals surface area contributed by atoms with Gasteiger partial charge >= 0.3 is 0 Å². The van der Waals surface area contributed by atoms with Gasteiger partial charge in [0.15, 0.2) is 5.96 Å². The highest BCUT2D eigenvalue weighted by Crippen LogP contribution is 2.31. The fourth-order valence-corrected chi connectivity index (χ4v) is 2.74. The van der Waals surface area contributed by atoms with Crippen molar-refractivity contribution >= 4 is 29.2 Å². The minimum atomic E-state index is -0.727. The first-order valence-electron chi connectivity index (χ1n) is 7.74. The number of aliphatic imine (C=N–C) groups is 1. The van der Waals surface area contributed by atoms with Crippen LogP contribution >= 0.6 is 23.2 Å². The molecule has 0 spiro atoms. The fourth-order valence-electron chi connectivity index (χ4n) is 2.19. The van der Waals surface area contributed by atoms with E-state index in [1.807, 2.05) is 6.92 Å². The molecule has 1 aliphatic rings. The zero-order chi connectivity index (χ0) is 15.9. The van der Waals surface area contributed by atoms with Crippen LogP contribution in [0.25, 0.3) is 0 Å². The molecule has 1 saturated carbocycles. The van der Waals surface area contributed by atoms with Crippen LogP contribution in [0, 0.1) is 5.92 Å². The van der Waals surface area contributed by atoms with Gasteiger partial charge in [-0.2, -0.15) is 0 Å². The zero-order valence-corrected chi connectivity index (χ0v) is 14.3. The lowest BCUT2D eigenvalue weighted by Crippen LogP contribution is -2.38. The Kier molecular flexibility index (Phi) is 6.80. The Morgan fingerprint density at radius 2 is 1.95 bits per heavy atom. The first-order chi connectivity index (χ1) is 10.6. The molecule has 6 heteroatoms. The van der Waals surface area contributed by atoms with Gasteiger partial charge in [0.1, 0.15) is 0 Å². The van der Waals surface area contributed by atoms with Crippen molar-refractivity contribution in [3.8, 4) is 0 Å². The largest absolute Gasteiger partial charge is 0.386 e. The third-order valence-corrected chi connectivity index (χ3v) is 4.01. The Labute approximate surface area is 141 Å². The Balaban J connectivity index is 1.89. The van der Waals surface area contributed by atoms with E-state index in [-0.39, 0.29) is 6.54 Å². The summed E-state index contributed by atoms with van der Waals surface area (Å²) in [4.78, 5) is 4.42. The Morgan fingerprint density at radius 3 is 2.55 bits per heavy atom. The second-order valence-electron chi connectivity index (χ2n) is 5.60. The number of rotatable bonds is 7. The molecule has 0 radical (unpaired) electrons. The Morgan fingerprint density at radius 1 is 1.27 bits per heavy atom. The molecule has 3 N–H and O–H groups in total. The van der Waals surface area contributed by atoms with E-state index < -0.39 is 6.10 Å². The molecule has 0 saturated heterocycles. The lowest BCUT2D eigenvalue weighted by molar-refractivity contribution is 0.187. The third kappa shape index (κ3) is 6.03. The second-order valence-corrected chi connectivity index (χ2v) is 6.47. The van der Waals surface area contributed by atoms with Crippen LogP contribution in [-0.2, 0) is 0 Å². The summed E-state index contributed by atoms with van der Waals surface area (Å²) in [5.74, 6) is 1.62. The molecule has 0 bridgehead atoms. The zero-order valence-electron chi connectivity index (χ0n) is 12.8.